The molecular formula is C26H34Cl2O5. The largest absolute Gasteiger partial charge is 0.450 e. The number of aliphatic hydroxyl groups excluding tert-OH is 1. The van der Waals surface area contributed by atoms with Gasteiger partial charge in [-0.15, -0.1) is 23.2 Å². The molecule has 1 N–H and O–H groups in total. The van der Waals surface area contributed by atoms with Gasteiger partial charge in [-0.25, -0.2) is 0 Å². The molecule has 5 nitrogen and oxygen atoms in total. The zero-order valence-electron chi connectivity index (χ0n) is 20.0. The summed E-state index contributed by atoms with van der Waals surface area (Å²) in [4.78, 5) is 37.1. The summed E-state index contributed by atoms with van der Waals surface area (Å²) >= 11 is 13.6. The summed E-state index contributed by atoms with van der Waals surface area (Å²) in [7, 11) is 0. The van der Waals surface area contributed by atoms with E-state index >= 15 is 0 Å². The minimum absolute atomic E-state index is 0.0583. The number of Topliss-reactive ketones (excluding diaryl/α,β-unsaturated/α-hetero) is 1. The Morgan fingerprint density at radius 3 is 2.48 bits per heavy atom. The number of ketones is 2. The molecule has 0 aromatic heterocycles. The van der Waals surface area contributed by atoms with Gasteiger partial charge in [0.2, 0.25) is 0 Å². The van der Waals surface area contributed by atoms with E-state index in [0.717, 1.165) is 5.57 Å². The fourth-order valence-corrected chi connectivity index (χ4v) is 8.83. The Morgan fingerprint density at radius 1 is 1.21 bits per heavy atom. The number of carbonyl (C=O) groups is 3. The Bertz CT molecular complexity index is 958. The lowest BCUT2D eigenvalue weighted by molar-refractivity contribution is -0.200. The summed E-state index contributed by atoms with van der Waals surface area (Å²) in [5.74, 6) is -1.45. The third-order valence-electron chi connectivity index (χ3n) is 9.61. The molecule has 3 saturated carbocycles. The summed E-state index contributed by atoms with van der Waals surface area (Å²) in [6.07, 6.45) is 5.79. The van der Waals surface area contributed by atoms with Crippen LogP contribution in [0.3, 0.4) is 0 Å². The van der Waals surface area contributed by atoms with Crippen molar-refractivity contribution >= 4 is 40.7 Å². The number of halogens is 2. The van der Waals surface area contributed by atoms with Crippen LogP contribution in [0.1, 0.15) is 60.3 Å². The lowest BCUT2D eigenvalue weighted by Crippen LogP contribution is -2.70. The normalized spacial score (nSPS) is 48.4. The van der Waals surface area contributed by atoms with Crippen LogP contribution in [0.5, 0.6) is 0 Å². The van der Waals surface area contributed by atoms with Gasteiger partial charge in [-0.05, 0) is 49.2 Å². The minimum Gasteiger partial charge on any atom is -0.450 e. The van der Waals surface area contributed by atoms with Crippen LogP contribution in [0.4, 0.5) is 0 Å². The quantitative estimate of drug-likeness (QED) is 0.453. The van der Waals surface area contributed by atoms with Gasteiger partial charge in [-0.3, -0.25) is 14.4 Å². The lowest BCUT2D eigenvalue weighted by Gasteiger charge is -2.65. The second-order valence-corrected chi connectivity index (χ2v) is 11.9. The van der Waals surface area contributed by atoms with Crippen LogP contribution in [-0.2, 0) is 19.1 Å². The average Bonchev–Trinajstić information content (AvgIpc) is 2.98. The Hall–Kier alpha value is -1.17. The fourth-order valence-electron chi connectivity index (χ4n) is 8.14. The van der Waals surface area contributed by atoms with Gasteiger partial charge in [0.05, 0.1) is 16.9 Å². The van der Waals surface area contributed by atoms with Crippen LogP contribution in [-0.4, -0.2) is 45.1 Å². The zero-order valence-corrected chi connectivity index (χ0v) is 21.5. The van der Waals surface area contributed by atoms with Gasteiger partial charge in [0.15, 0.2) is 17.2 Å². The van der Waals surface area contributed by atoms with E-state index in [9.17, 15) is 19.5 Å². The first kappa shape index (κ1) is 24.9. The summed E-state index contributed by atoms with van der Waals surface area (Å²) < 4.78 is 6.02. The smallest absolute Gasteiger partial charge is 0.306 e. The molecule has 4 aliphatic carbocycles. The molecule has 0 amide bonds. The summed E-state index contributed by atoms with van der Waals surface area (Å²) in [6.45, 7) is 9.72. The molecule has 0 heterocycles. The van der Waals surface area contributed by atoms with Crippen LogP contribution in [0.15, 0.2) is 23.8 Å². The fraction of sp³-hybridized carbons (Fsp3) is 0.731. The average molecular weight is 497 g/mol. The monoisotopic (exact) mass is 496 g/mol. The molecule has 0 aromatic rings. The number of ether oxygens (including phenoxy) is 1. The van der Waals surface area contributed by atoms with Crippen molar-refractivity contribution in [2.24, 2.45) is 34.5 Å². The lowest BCUT2D eigenvalue weighted by atomic mass is 9.44. The van der Waals surface area contributed by atoms with Gasteiger partial charge in [0.25, 0.3) is 0 Å². The second kappa shape index (κ2) is 7.93. The molecule has 0 saturated heterocycles. The van der Waals surface area contributed by atoms with Gasteiger partial charge in [-0.1, -0.05) is 46.3 Å². The van der Waals surface area contributed by atoms with Crippen molar-refractivity contribution in [2.45, 2.75) is 76.9 Å². The summed E-state index contributed by atoms with van der Waals surface area (Å²) in [5.41, 5.74) is -1.95. The third kappa shape index (κ3) is 2.97. The molecule has 9 atom stereocenters. The Labute approximate surface area is 205 Å². The second-order valence-electron chi connectivity index (χ2n) is 11.0. The summed E-state index contributed by atoms with van der Waals surface area (Å²) in [5, 5.41) is 11.7. The number of rotatable bonds is 4. The van der Waals surface area contributed by atoms with Crippen molar-refractivity contribution in [1.82, 2.24) is 0 Å². The van der Waals surface area contributed by atoms with Crippen LogP contribution >= 0.6 is 23.2 Å². The highest BCUT2D eigenvalue weighted by Gasteiger charge is 2.76. The van der Waals surface area contributed by atoms with E-state index in [4.69, 9.17) is 27.9 Å². The van der Waals surface area contributed by atoms with E-state index < -0.39 is 33.4 Å². The number of alkyl halides is 2. The van der Waals surface area contributed by atoms with Gasteiger partial charge in [0.1, 0.15) is 0 Å². The van der Waals surface area contributed by atoms with Crippen LogP contribution in [0.25, 0.3) is 0 Å². The van der Waals surface area contributed by atoms with Crippen molar-refractivity contribution in [2.75, 3.05) is 5.88 Å². The minimum atomic E-state index is -1.40. The van der Waals surface area contributed by atoms with Gasteiger partial charge in [-0.2, -0.15) is 0 Å². The number of fused-ring (bicyclic) bond motifs is 5. The molecule has 3 fully saturated rings. The van der Waals surface area contributed by atoms with Crippen LogP contribution in [0.2, 0.25) is 0 Å². The van der Waals surface area contributed by atoms with Gasteiger partial charge >= 0.3 is 5.97 Å². The maximum Gasteiger partial charge on any atom is 0.306 e. The highest BCUT2D eigenvalue weighted by atomic mass is 35.5. The van der Waals surface area contributed by atoms with E-state index in [1.807, 2.05) is 26.8 Å². The third-order valence-corrected chi connectivity index (χ3v) is 10.8. The SMILES string of the molecule is CCC(=O)O[C@]1(C(=O)CCl)C(C)C[C@H]2[C@@H]3CC(C)C4=CC(=O)C=C[C@]4(C)[C@@]3(Cl)C(O)C[C@@]21C. The number of allylic oxidation sites excluding steroid dienone is 4. The molecule has 0 spiro atoms. The van der Waals surface area contributed by atoms with Gasteiger partial charge in [0, 0.05) is 23.2 Å². The highest BCUT2D eigenvalue weighted by Crippen LogP contribution is 2.72. The molecule has 33 heavy (non-hydrogen) atoms. The van der Waals surface area contributed by atoms with Crippen LogP contribution in [0, 0.1) is 34.5 Å². The van der Waals surface area contributed by atoms with Crippen molar-refractivity contribution in [1.29, 1.82) is 0 Å². The maximum absolute atomic E-state index is 13.4. The molecule has 4 rings (SSSR count). The first-order chi connectivity index (χ1) is 15.3. The van der Waals surface area contributed by atoms with Crippen LogP contribution < -0.4 is 0 Å². The highest BCUT2D eigenvalue weighted by molar-refractivity contribution is 6.29. The molecule has 7 heteroatoms. The Morgan fingerprint density at radius 2 is 1.88 bits per heavy atom. The molecule has 182 valence electrons. The molecule has 0 bridgehead atoms. The first-order valence-corrected chi connectivity index (χ1v) is 12.9. The molecule has 0 radical (unpaired) electrons. The molecule has 4 aliphatic rings. The van der Waals surface area contributed by atoms with E-state index in [1.165, 1.54) is 0 Å². The first-order valence-electron chi connectivity index (χ1n) is 12.0. The molecule has 0 aliphatic heterocycles. The van der Waals surface area contributed by atoms with E-state index in [-0.39, 0.29) is 54.0 Å². The maximum atomic E-state index is 13.4. The molecule has 3 unspecified atom stereocenters. The predicted octanol–water partition coefficient (Wildman–Crippen LogP) is 4.62. The van der Waals surface area contributed by atoms with Crippen molar-refractivity contribution in [3.8, 4) is 0 Å². The van der Waals surface area contributed by atoms with E-state index in [2.05, 4.69) is 6.92 Å². The predicted molar refractivity (Wildman–Crippen MR) is 127 cm³/mol. The number of aliphatic hydroxyl groups is 1. The van der Waals surface area contributed by atoms with Crippen molar-refractivity contribution < 1.29 is 24.2 Å². The molecule has 0 aromatic carbocycles. The zero-order chi connectivity index (χ0) is 24.6. The Kier molecular flexibility index (Phi) is 5.99. The van der Waals surface area contributed by atoms with E-state index in [1.54, 1.807) is 19.1 Å². The number of esters is 1. The van der Waals surface area contributed by atoms with Crippen molar-refractivity contribution in [3.63, 3.8) is 0 Å². The summed E-state index contributed by atoms with van der Waals surface area (Å²) in [6, 6.07) is 0. The number of hydrogen-bond acceptors (Lipinski definition) is 5. The number of hydrogen-bond donors (Lipinski definition) is 1. The van der Waals surface area contributed by atoms with Crippen molar-refractivity contribution in [3.05, 3.63) is 23.8 Å². The van der Waals surface area contributed by atoms with Gasteiger partial charge < -0.3 is 9.84 Å². The Balaban J connectivity index is 1.88. The standard InChI is InChI=1S/C26H34Cl2O5/c1-6-22(32)33-26(21(31)13-27)15(3)10-18-19-9-14(2)17-11-16(29)7-8-23(17,4)25(19,28)20(30)12-24(18,26)5/h7-8,11,14-15,18-20,30H,6,9-10,12-13H2,1-5H3/t14?,15?,18-,19-,20?,23-,24-,25-,26-/m0/s1. The molecular weight excluding hydrogens is 463 g/mol. The van der Waals surface area contributed by atoms with E-state index in [0.29, 0.717) is 12.8 Å². The topological polar surface area (TPSA) is 80.7 Å². The number of carbonyl (C=O) groups excluding carboxylic acids is 3.